The van der Waals surface area contributed by atoms with E-state index in [1.54, 1.807) is 11.0 Å². The van der Waals surface area contributed by atoms with Crippen molar-refractivity contribution in [2.45, 2.75) is 20.3 Å². The molecule has 1 amide bonds. The Balaban J connectivity index is 2.90. The molecule has 0 aliphatic heterocycles. The van der Waals surface area contributed by atoms with Gasteiger partial charge < -0.3 is 10.6 Å². The Bertz CT molecular complexity index is 340. The molecule has 0 atom stereocenters. The third-order valence-corrected chi connectivity index (χ3v) is 2.25. The molecule has 0 saturated heterocycles. The molecule has 0 fully saturated rings. The van der Waals surface area contributed by atoms with Crippen LogP contribution in [0.1, 0.15) is 29.3 Å². The van der Waals surface area contributed by atoms with Crippen molar-refractivity contribution in [3.8, 4) is 0 Å². The SMILES string of the molecule is CCCN(C)C(=O)c1cc(C)cc(N)c1. The van der Waals surface area contributed by atoms with Gasteiger partial charge in [0.05, 0.1) is 0 Å². The summed E-state index contributed by atoms with van der Waals surface area (Å²) in [5.41, 5.74) is 8.03. The third-order valence-electron chi connectivity index (χ3n) is 2.25. The maximum atomic E-state index is 11.9. The first-order valence-electron chi connectivity index (χ1n) is 5.17. The van der Waals surface area contributed by atoms with Crippen LogP contribution < -0.4 is 5.73 Å². The topological polar surface area (TPSA) is 46.3 Å². The number of carbonyl (C=O) groups excluding carboxylic acids is 1. The van der Waals surface area contributed by atoms with Crippen LogP contribution in [0.2, 0.25) is 0 Å². The first-order valence-corrected chi connectivity index (χ1v) is 5.17. The molecule has 0 aromatic heterocycles. The first kappa shape index (κ1) is 11.6. The fourth-order valence-corrected chi connectivity index (χ4v) is 1.59. The van der Waals surface area contributed by atoms with E-state index >= 15 is 0 Å². The van der Waals surface area contributed by atoms with Gasteiger partial charge in [0.15, 0.2) is 0 Å². The zero-order valence-corrected chi connectivity index (χ0v) is 9.58. The standard InChI is InChI=1S/C12H18N2O/c1-4-5-14(3)12(15)10-6-9(2)7-11(13)8-10/h6-8H,4-5,13H2,1-3H3. The predicted molar refractivity (Wildman–Crippen MR) is 62.8 cm³/mol. The van der Waals surface area contributed by atoms with Gasteiger partial charge in [0, 0.05) is 24.8 Å². The Morgan fingerprint density at radius 1 is 1.40 bits per heavy atom. The Labute approximate surface area is 90.9 Å². The van der Waals surface area contributed by atoms with Crippen LogP contribution in [0, 0.1) is 6.92 Å². The highest BCUT2D eigenvalue weighted by Crippen LogP contribution is 2.13. The van der Waals surface area contributed by atoms with Crippen molar-refractivity contribution in [2.75, 3.05) is 19.3 Å². The Morgan fingerprint density at radius 2 is 2.07 bits per heavy atom. The van der Waals surface area contributed by atoms with Gasteiger partial charge in [-0.2, -0.15) is 0 Å². The molecule has 15 heavy (non-hydrogen) atoms. The summed E-state index contributed by atoms with van der Waals surface area (Å²) in [6.07, 6.45) is 0.962. The lowest BCUT2D eigenvalue weighted by Gasteiger charge is -2.16. The zero-order valence-electron chi connectivity index (χ0n) is 9.58. The minimum Gasteiger partial charge on any atom is -0.399 e. The quantitative estimate of drug-likeness (QED) is 0.769. The molecule has 0 heterocycles. The Morgan fingerprint density at radius 3 is 2.60 bits per heavy atom. The van der Waals surface area contributed by atoms with E-state index < -0.39 is 0 Å². The summed E-state index contributed by atoms with van der Waals surface area (Å²) < 4.78 is 0. The van der Waals surface area contributed by atoms with Gasteiger partial charge in [-0.15, -0.1) is 0 Å². The summed E-state index contributed by atoms with van der Waals surface area (Å²) in [5.74, 6) is 0.0345. The maximum absolute atomic E-state index is 11.9. The minimum absolute atomic E-state index is 0.0345. The van der Waals surface area contributed by atoms with Gasteiger partial charge >= 0.3 is 0 Å². The molecule has 3 heteroatoms. The number of nitrogens with zero attached hydrogens (tertiary/aromatic N) is 1. The molecule has 1 rings (SSSR count). The number of carbonyl (C=O) groups is 1. The number of hydrogen-bond donors (Lipinski definition) is 1. The molecule has 1 aromatic carbocycles. The normalized spacial score (nSPS) is 10.1. The van der Waals surface area contributed by atoms with Crippen LogP contribution in [0.5, 0.6) is 0 Å². The van der Waals surface area contributed by atoms with E-state index in [0.29, 0.717) is 11.3 Å². The van der Waals surface area contributed by atoms with Crippen molar-refractivity contribution in [1.29, 1.82) is 0 Å². The molecule has 0 radical (unpaired) electrons. The molecule has 3 nitrogen and oxygen atoms in total. The average molecular weight is 206 g/mol. The number of hydrogen-bond acceptors (Lipinski definition) is 2. The number of benzene rings is 1. The van der Waals surface area contributed by atoms with E-state index in [1.165, 1.54) is 0 Å². The lowest BCUT2D eigenvalue weighted by molar-refractivity contribution is 0.0795. The van der Waals surface area contributed by atoms with Crippen LogP contribution in [-0.4, -0.2) is 24.4 Å². The second-order valence-electron chi connectivity index (χ2n) is 3.86. The van der Waals surface area contributed by atoms with Gasteiger partial charge in [-0.1, -0.05) is 6.92 Å². The largest absolute Gasteiger partial charge is 0.399 e. The van der Waals surface area contributed by atoms with Gasteiger partial charge in [0.2, 0.25) is 0 Å². The molecule has 0 aliphatic rings. The fourth-order valence-electron chi connectivity index (χ4n) is 1.59. The summed E-state index contributed by atoms with van der Waals surface area (Å²) in [6.45, 7) is 4.76. The Hall–Kier alpha value is -1.51. The van der Waals surface area contributed by atoms with Crippen molar-refractivity contribution in [3.05, 3.63) is 29.3 Å². The lowest BCUT2D eigenvalue weighted by atomic mass is 10.1. The average Bonchev–Trinajstić information content (AvgIpc) is 2.15. The highest BCUT2D eigenvalue weighted by molar-refractivity contribution is 5.95. The summed E-state index contributed by atoms with van der Waals surface area (Å²) >= 11 is 0. The molecule has 0 aliphatic carbocycles. The van der Waals surface area contributed by atoms with Gasteiger partial charge in [-0.3, -0.25) is 4.79 Å². The molecule has 0 saturated carbocycles. The number of nitrogens with two attached hydrogens (primary N) is 1. The fraction of sp³-hybridized carbons (Fsp3) is 0.417. The van der Waals surface area contributed by atoms with Crippen LogP contribution in [-0.2, 0) is 0 Å². The first-order chi connectivity index (χ1) is 7.04. The monoisotopic (exact) mass is 206 g/mol. The van der Waals surface area contributed by atoms with Gasteiger partial charge in [0.1, 0.15) is 0 Å². The number of amides is 1. The maximum Gasteiger partial charge on any atom is 0.253 e. The molecule has 0 unspecified atom stereocenters. The summed E-state index contributed by atoms with van der Waals surface area (Å²) in [5, 5.41) is 0. The van der Waals surface area contributed by atoms with Crippen LogP contribution in [0.15, 0.2) is 18.2 Å². The van der Waals surface area contributed by atoms with E-state index in [0.717, 1.165) is 18.5 Å². The van der Waals surface area contributed by atoms with Crippen molar-refractivity contribution >= 4 is 11.6 Å². The number of aryl methyl sites for hydroxylation is 1. The highest BCUT2D eigenvalue weighted by Gasteiger charge is 2.11. The summed E-state index contributed by atoms with van der Waals surface area (Å²) in [6, 6.07) is 5.45. The molecule has 82 valence electrons. The minimum atomic E-state index is 0.0345. The number of nitrogen functional groups attached to an aromatic ring is 1. The summed E-state index contributed by atoms with van der Waals surface area (Å²) in [7, 11) is 1.81. The Kier molecular flexibility index (Phi) is 3.72. The van der Waals surface area contributed by atoms with E-state index in [1.807, 2.05) is 33.0 Å². The van der Waals surface area contributed by atoms with Crippen LogP contribution >= 0.6 is 0 Å². The van der Waals surface area contributed by atoms with E-state index in [2.05, 4.69) is 0 Å². The summed E-state index contributed by atoms with van der Waals surface area (Å²) in [4.78, 5) is 13.6. The number of anilines is 1. The molecule has 0 spiro atoms. The van der Waals surface area contributed by atoms with E-state index in [9.17, 15) is 4.79 Å². The van der Waals surface area contributed by atoms with Crippen LogP contribution in [0.3, 0.4) is 0 Å². The van der Waals surface area contributed by atoms with Crippen molar-refractivity contribution in [1.82, 2.24) is 4.90 Å². The van der Waals surface area contributed by atoms with Gasteiger partial charge in [-0.05, 0) is 37.1 Å². The molecule has 0 bridgehead atoms. The predicted octanol–water partition coefficient (Wildman–Crippen LogP) is 2.06. The van der Waals surface area contributed by atoms with Gasteiger partial charge in [-0.25, -0.2) is 0 Å². The van der Waals surface area contributed by atoms with Gasteiger partial charge in [0.25, 0.3) is 5.91 Å². The lowest BCUT2D eigenvalue weighted by Crippen LogP contribution is -2.27. The second kappa shape index (κ2) is 4.82. The number of rotatable bonds is 3. The molecule has 2 N–H and O–H groups in total. The molecular weight excluding hydrogens is 188 g/mol. The van der Waals surface area contributed by atoms with E-state index in [-0.39, 0.29) is 5.91 Å². The third kappa shape index (κ3) is 2.98. The zero-order chi connectivity index (χ0) is 11.4. The second-order valence-corrected chi connectivity index (χ2v) is 3.86. The van der Waals surface area contributed by atoms with Crippen molar-refractivity contribution in [3.63, 3.8) is 0 Å². The van der Waals surface area contributed by atoms with E-state index in [4.69, 9.17) is 5.73 Å². The smallest absolute Gasteiger partial charge is 0.253 e. The van der Waals surface area contributed by atoms with Crippen LogP contribution in [0.4, 0.5) is 5.69 Å². The molecule has 1 aromatic rings. The van der Waals surface area contributed by atoms with Crippen molar-refractivity contribution < 1.29 is 4.79 Å². The van der Waals surface area contributed by atoms with Crippen LogP contribution in [0.25, 0.3) is 0 Å². The molecular formula is C12H18N2O. The van der Waals surface area contributed by atoms with Crippen molar-refractivity contribution in [2.24, 2.45) is 0 Å². The highest BCUT2D eigenvalue weighted by atomic mass is 16.2.